The van der Waals surface area contributed by atoms with Crippen molar-refractivity contribution >= 4 is 28.9 Å². The maximum atomic E-state index is 12.3. The lowest BCUT2D eigenvalue weighted by atomic mass is 10.0. The molecule has 2 amide bonds. The Balaban J connectivity index is 1.65. The van der Waals surface area contributed by atoms with Gasteiger partial charge in [0.1, 0.15) is 0 Å². The minimum Gasteiger partial charge on any atom is -0.383 e. The molecule has 2 aromatic carbocycles. The Hall–Kier alpha value is -2.82. The molecule has 1 aliphatic heterocycles. The summed E-state index contributed by atoms with van der Waals surface area (Å²) in [5, 5.41) is 9.01. The van der Waals surface area contributed by atoms with Gasteiger partial charge in [0, 0.05) is 18.7 Å². The van der Waals surface area contributed by atoms with Crippen LogP contribution >= 0.6 is 0 Å². The first-order valence-electron chi connectivity index (χ1n) is 8.04. The number of nitrogens with one attached hydrogen (secondary N) is 3. The van der Waals surface area contributed by atoms with Gasteiger partial charge < -0.3 is 16.0 Å². The Bertz CT molecular complexity index is 786. The highest BCUT2D eigenvalue weighted by molar-refractivity contribution is 6.01. The molecule has 5 heteroatoms. The Kier molecular flexibility index (Phi) is 4.51. The lowest BCUT2D eigenvalue weighted by molar-refractivity contribution is -0.124. The highest BCUT2D eigenvalue weighted by Gasteiger charge is 2.25. The van der Waals surface area contributed by atoms with Crippen LogP contribution in [-0.4, -0.2) is 18.4 Å². The minimum absolute atomic E-state index is 0.136. The number of aryl methyl sites for hydroxylation is 2. The summed E-state index contributed by atoms with van der Waals surface area (Å²) in [5.41, 5.74) is 4.58. The lowest BCUT2D eigenvalue weighted by Gasteiger charge is -2.14. The fourth-order valence-electron chi connectivity index (χ4n) is 2.85. The van der Waals surface area contributed by atoms with Gasteiger partial charge in [-0.05, 0) is 37.6 Å². The van der Waals surface area contributed by atoms with Gasteiger partial charge in [0.2, 0.25) is 11.8 Å². The number of hydrogen-bond donors (Lipinski definition) is 3. The number of para-hydroxylation sites is 2. The topological polar surface area (TPSA) is 70.2 Å². The Labute approximate surface area is 141 Å². The van der Waals surface area contributed by atoms with E-state index in [0.717, 1.165) is 28.2 Å². The van der Waals surface area contributed by atoms with Crippen LogP contribution < -0.4 is 16.0 Å². The summed E-state index contributed by atoms with van der Waals surface area (Å²) in [7, 11) is 0. The Morgan fingerprint density at radius 1 is 1.17 bits per heavy atom. The molecule has 0 spiro atoms. The van der Waals surface area contributed by atoms with Crippen LogP contribution in [0.1, 0.15) is 17.5 Å². The maximum absolute atomic E-state index is 12.3. The molecule has 3 N–H and O–H groups in total. The van der Waals surface area contributed by atoms with E-state index in [4.69, 9.17) is 0 Å². The van der Waals surface area contributed by atoms with Crippen molar-refractivity contribution in [2.45, 2.75) is 20.3 Å². The average Bonchev–Trinajstić information content (AvgIpc) is 2.70. The van der Waals surface area contributed by atoms with Crippen molar-refractivity contribution in [2.75, 3.05) is 22.5 Å². The third-order valence-corrected chi connectivity index (χ3v) is 4.18. The zero-order valence-corrected chi connectivity index (χ0v) is 13.8. The number of rotatable bonds is 3. The molecule has 124 valence electrons. The molecule has 3 rings (SSSR count). The molecule has 1 atom stereocenters. The van der Waals surface area contributed by atoms with E-state index in [9.17, 15) is 9.59 Å². The van der Waals surface area contributed by atoms with E-state index in [1.807, 2.05) is 56.3 Å². The zero-order chi connectivity index (χ0) is 17.1. The summed E-state index contributed by atoms with van der Waals surface area (Å²) < 4.78 is 0. The predicted molar refractivity (Wildman–Crippen MR) is 96.2 cm³/mol. The maximum Gasteiger partial charge on any atom is 0.229 e. The summed E-state index contributed by atoms with van der Waals surface area (Å²) in [4.78, 5) is 24.7. The van der Waals surface area contributed by atoms with E-state index in [-0.39, 0.29) is 18.2 Å². The molecule has 0 saturated carbocycles. The van der Waals surface area contributed by atoms with Gasteiger partial charge >= 0.3 is 0 Å². The van der Waals surface area contributed by atoms with E-state index in [1.165, 1.54) is 0 Å². The first kappa shape index (κ1) is 16.1. The van der Waals surface area contributed by atoms with Gasteiger partial charge in [0.15, 0.2) is 0 Å². The first-order valence-corrected chi connectivity index (χ1v) is 8.04. The van der Waals surface area contributed by atoms with Crippen molar-refractivity contribution in [2.24, 2.45) is 5.92 Å². The number of carbonyl (C=O) groups is 2. The average molecular weight is 323 g/mol. The molecule has 0 aliphatic carbocycles. The van der Waals surface area contributed by atoms with Gasteiger partial charge in [-0.15, -0.1) is 0 Å². The van der Waals surface area contributed by atoms with Crippen LogP contribution in [0.25, 0.3) is 0 Å². The van der Waals surface area contributed by atoms with Gasteiger partial charge in [-0.1, -0.05) is 29.8 Å². The van der Waals surface area contributed by atoms with Crippen molar-refractivity contribution in [1.29, 1.82) is 0 Å². The largest absolute Gasteiger partial charge is 0.383 e. The molecule has 0 saturated heterocycles. The molecular weight excluding hydrogens is 302 g/mol. The Morgan fingerprint density at radius 3 is 2.67 bits per heavy atom. The highest BCUT2D eigenvalue weighted by atomic mass is 16.2. The van der Waals surface area contributed by atoms with Crippen LogP contribution in [0.2, 0.25) is 0 Å². The second-order valence-electron chi connectivity index (χ2n) is 6.18. The molecule has 2 aromatic rings. The van der Waals surface area contributed by atoms with Crippen molar-refractivity contribution in [3.63, 3.8) is 0 Å². The molecule has 0 fully saturated rings. The molecule has 5 nitrogen and oxygen atoms in total. The molecule has 1 aliphatic rings. The fourth-order valence-corrected chi connectivity index (χ4v) is 2.85. The minimum atomic E-state index is -0.414. The normalized spacial score (nSPS) is 16.4. The standard InChI is InChI=1S/C19H21N3O2/c1-12-7-8-15(13(2)9-12)21-18(23)10-14-11-20-16-5-3-4-6-17(16)22-19(14)24/h3-9,14,20H,10-11H2,1-2H3,(H,21,23)(H,22,24). The number of anilines is 3. The summed E-state index contributed by atoms with van der Waals surface area (Å²) in [6, 6.07) is 13.4. The molecule has 1 heterocycles. The molecule has 0 bridgehead atoms. The van der Waals surface area contributed by atoms with Gasteiger partial charge in [0.25, 0.3) is 0 Å². The van der Waals surface area contributed by atoms with Crippen LogP contribution in [-0.2, 0) is 9.59 Å². The number of fused-ring (bicyclic) bond motifs is 1. The van der Waals surface area contributed by atoms with Crippen LogP contribution in [0.15, 0.2) is 42.5 Å². The molecule has 0 radical (unpaired) electrons. The first-order chi connectivity index (χ1) is 11.5. The summed E-state index contributed by atoms with van der Waals surface area (Å²) in [5.74, 6) is -0.707. The van der Waals surface area contributed by atoms with Crippen molar-refractivity contribution in [3.8, 4) is 0 Å². The molecule has 24 heavy (non-hydrogen) atoms. The van der Waals surface area contributed by atoms with Crippen LogP contribution in [0, 0.1) is 19.8 Å². The van der Waals surface area contributed by atoms with E-state index in [0.29, 0.717) is 6.54 Å². The van der Waals surface area contributed by atoms with E-state index < -0.39 is 5.92 Å². The highest BCUT2D eigenvalue weighted by Crippen LogP contribution is 2.26. The monoisotopic (exact) mass is 323 g/mol. The summed E-state index contributed by atoms with van der Waals surface area (Å²) in [6.07, 6.45) is 0.139. The van der Waals surface area contributed by atoms with Gasteiger partial charge in [-0.3, -0.25) is 9.59 Å². The third-order valence-electron chi connectivity index (χ3n) is 4.18. The van der Waals surface area contributed by atoms with Crippen LogP contribution in [0.3, 0.4) is 0 Å². The van der Waals surface area contributed by atoms with E-state index >= 15 is 0 Å². The smallest absolute Gasteiger partial charge is 0.229 e. The molecule has 0 aromatic heterocycles. The number of carbonyl (C=O) groups excluding carboxylic acids is 2. The van der Waals surface area contributed by atoms with Gasteiger partial charge in [-0.25, -0.2) is 0 Å². The SMILES string of the molecule is Cc1ccc(NC(=O)CC2CNc3ccccc3NC2=O)c(C)c1. The van der Waals surface area contributed by atoms with E-state index in [1.54, 1.807) is 0 Å². The number of amides is 2. The number of benzene rings is 2. The summed E-state index contributed by atoms with van der Waals surface area (Å²) in [6.45, 7) is 4.40. The zero-order valence-electron chi connectivity index (χ0n) is 13.8. The molecular formula is C19H21N3O2. The molecule has 1 unspecified atom stereocenters. The number of hydrogen-bond acceptors (Lipinski definition) is 3. The van der Waals surface area contributed by atoms with E-state index in [2.05, 4.69) is 16.0 Å². The van der Waals surface area contributed by atoms with Crippen LogP contribution in [0.5, 0.6) is 0 Å². The quantitative estimate of drug-likeness (QED) is 0.811. The fraction of sp³-hybridized carbons (Fsp3) is 0.263. The Morgan fingerprint density at radius 2 is 1.92 bits per heavy atom. The van der Waals surface area contributed by atoms with Gasteiger partial charge in [-0.2, -0.15) is 0 Å². The second kappa shape index (κ2) is 6.74. The van der Waals surface area contributed by atoms with Crippen molar-refractivity contribution in [3.05, 3.63) is 53.6 Å². The van der Waals surface area contributed by atoms with Gasteiger partial charge in [0.05, 0.1) is 17.3 Å². The third kappa shape index (κ3) is 3.56. The second-order valence-corrected chi connectivity index (χ2v) is 6.18. The summed E-state index contributed by atoms with van der Waals surface area (Å²) >= 11 is 0. The van der Waals surface area contributed by atoms with Crippen LogP contribution in [0.4, 0.5) is 17.1 Å². The van der Waals surface area contributed by atoms with Crippen molar-refractivity contribution < 1.29 is 9.59 Å². The lowest BCUT2D eigenvalue weighted by Crippen LogP contribution is -2.30. The van der Waals surface area contributed by atoms with Crippen molar-refractivity contribution in [1.82, 2.24) is 0 Å². The predicted octanol–water partition coefficient (Wildman–Crippen LogP) is 3.31.